The molecule has 0 aliphatic rings. The lowest BCUT2D eigenvalue weighted by molar-refractivity contribution is 0.583. The van der Waals surface area contributed by atoms with Gasteiger partial charge in [-0.2, -0.15) is 5.26 Å². The highest BCUT2D eigenvalue weighted by Crippen LogP contribution is 2.37. The van der Waals surface area contributed by atoms with E-state index in [-0.39, 0.29) is 11.1 Å². The molecule has 0 aliphatic heterocycles. The molecule has 6 aromatic rings. The van der Waals surface area contributed by atoms with Crippen molar-refractivity contribution in [3.8, 4) is 28.5 Å². The molecule has 0 unspecified atom stereocenters. The minimum Gasteiger partial charge on any atom is -0.256 e. The van der Waals surface area contributed by atoms with Crippen LogP contribution in [0.15, 0.2) is 91.1 Å². The van der Waals surface area contributed by atoms with Crippen LogP contribution in [0, 0.1) is 28.8 Å². The maximum Gasteiger partial charge on any atom is 0.138 e. The molecule has 0 aliphatic carbocycles. The molecule has 0 fully saturated rings. The molecule has 0 bridgehead atoms. The van der Waals surface area contributed by atoms with E-state index in [4.69, 9.17) is 0 Å². The predicted octanol–water partition coefficient (Wildman–Crippen LogP) is 8.16. The summed E-state index contributed by atoms with van der Waals surface area (Å²) in [4.78, 5) is 4.59. The number of nitriles is 1. The Balaban J connectivity index is 1.58. The lowest BCUT2D eigenvalue weighted by Crippen LogP contribution is -1.92. The fraction of sp³-hybridized carbons (Fsp3) is 0. The smallest absolute Gasteiger partial charge is 0.138 e. The van der Waals surface area contributed by atoms with E-state index in [9.17, 15) is 14.0 Å². The number of aromatic nitrogens is 1. The van der Waals surface area contributed by atoms with Crippen LogP contribution in [-0.4, -0.2) is 4.98 Å². The molecule has 5 aromatic carbocycles. The van der Waals surface area contributed by atoms with Crippen LogP contribution in [0.2, 0.25) is 0 Å². The zero-order valence-electron chi connectivity index (χ0n) is 18.2. The van der Waals surface area contributed by atoms with Gasteiger partial charge in [-0.05, 0) is 57.4 Å². The molecular weight excluding hydrogens is 445 g/mol. The lowest BCUT2D eigenvalue weighted by atomic mass is 9.94. The highest BCUT2D eigenvalue weighted by atomic mass is 19.1. The van der Waals surface area contributed by atoms with Crippen molar-refractivity contribution in [2.24, 2.45) is 0 Å². The Bertz CT molecular complexity index is 1830. The van der Waals surface area contributed by atoms with Crippen LogP contribution in [0.25, 0.3) is 54.7 Å². The zero-order valence-corrected chi connectivity index (χ0v) is 18.2. The van der Waals surface area contributed by atoms with Gasteiger partial charge in [-0.15, -0.1) is 0 Å². The third-order valence-corrected chi connectivity index (χ3v) is 6.31. The van der Waals surface area contributed by atoms with Gasteiger partial charge in [0, 0.05) is 34.2 Å². The number of benzene rings is 5. The molecule has 0 radical (unpaired) electrons. The molecule has 0 N–H and O–H groups in total. The molecule has 1 heterocycles. The summed E-state index contributed by atoms with van der Waals surface area (Å²) < 4.78 is 43.0. The van der Waals surface area contributed by atoms with Gasteiger partial charge in [0.05, 0.1) is 17.3 Å². The molecule has 166 valence electrons. The Labute approximate surface area is 198 Å². The molecular formula is C30H15F3N2. The van der Waals surface area contributed by atoms with Crippen LogP contribution >= 0.6 is 0 Å². The molecule has 5 heteroatoms. The van der Waals surface area contributed by atoms with Crippen molar-refractivity contribution in [1.82, 2.24) is 4.98 Å². The highest BCUT2D eigenvalue weighted by Gasteiger charge is 2.16. The van der Waals surface area contributed by atoms with E-state index in [1.54, 1.807) is 24.4 Å². The summed E-state index contributed by atoms with van der Waals surface area (Å²) in [7, 11) is 0. The average molecular weight is 460 g/mol. The van der Waals surface area contributed by atoms with Crippen LogP contribution in [0.1, 0.15) is 5.56 Å². The van der Waals surface area contributed by atoms with Crippen LogP contribution in [0.4, 0.5) is 13.2 Å². The van der Waals surface area contributed by atoms with Gasteiger partial charge in [0.15, 0.2) is 0 Å². The largest absolute Gasteiger partial charge is 0.256 e. The first-order valence-electron chi connectivity index (χ1n) is 10.9. The summed E-state index contributed by atoms with van der Waals surface area (Å²) in [6.45, 7) is 0. The molecule has 6 rings (SSSR count). The van der Waals surface area contributed by atoms with Crippen LogP contribution < -0.4 is 0 Å². The van der Waals surface area contributed by atoms with Gasteiger partial charge in [0.25, 0.3) is 0 Å². The number of pyridine rings is 1. The van der Waals surface area contributed by atoms with E-state index >= 15 is 4.39 Å². The fourth-order valence-electron chi connectivity index (χ4n) is 4.74. The SMILES string of the molecule is N#Cc1cc(-c2nccc3c2ccc2c(F)c(-c4cc(F)cc(F)c4)ccc23)cc2ccccc12. The van der Waals surface area contributed by atoms with E-state index in [1.807, 2.05) is 42.5 Å². The second-order valence-corrected chi connectivity index (χ2v) is 8.36. The van der Waals surface area contributed by atoms with E-state index in [2.05, 4.69) is 11.1 Å². The second-order valence-electron chi connectivity index (χ2n) is 8.36. The summed E-state index contributed by atoms with van der Waals surface area (Å²) in [5.74, 6) is -2.08. The molecule has 0 saturated heterocycles. The highest BCUT2D eigenvalue weighted by molar-refractivity contribution is 6.12. The lowest BCUT2D eigenvalue weighted by Gasteiger charge is -2.12. The Hall–Kier alpha value is -4.69. The standard InChI is InChI=1S/C30H15F3N2/c31-21-13-18(14-22(32)15-21)24-5-6-25-26-9-10-35-30(28(26)8-7-27(25)29(24)33)19-11-17-3-1-2-4-23(17)20(12-19)16-34/h1-15H. The van der Waals surface area contributed by atoms with E-state index in [0.29, 0.717) is 22.0 Å². The van der Waals surface area contributed by atoms with Crippen molar-refractivity contribution in [3.05, 3.63) is 114 Å². The second kappa shape index (κ2) is 7.96. The van der Waals surface area contributed by atoms with Crippen LogP contribution in [-0.2, 0) is 0 Å². The van der Waals surface area contributed by atoms with Gasteiger partial charge < -0.3 is 0 Å². The molecule has 0 spiro atoms. The van der Waals surface area contributed by atoms with Crippen molar-refractivity contribution in [2.75, 3.05) is 0 Å². The molecule has 1 aromatic heterocycles. The average Bonchev–Trinajstić information content (AvgIpc) is 2.87. The van der Waals surface area contributed by atoms with Crippen molar-refractivity contribution < 1.29 is 13.2 Å². The molecule has 35 heavy (non-hydrogen) atoms. The van der Waals surface area contributed by atoms with Gasteiger partial charge in [-0.25, -0.2) is 13.2 Å². The first-order chi connectivity index (χ1) is 17.0. The predicted molar refractivity (Wildman–Crippen MR) is 132 cm³/mol. The van der Waals surface area contributed by atoms with E-state index in [1.165, 1.54) is 6.07 Å². The van der Waals surface area contributed by atoms with Crippen LogP contribution in [0.3, 0.4) is 0 Å². The summed E-state index contributed by atoms with van der Waals surface area (Å²) in [6, 6.07) is 25.3. The Morgan fingerprint density at radius 2 is 1.34 bits per heavy atom. The van der Waals surface area contributed by atoms with E-state index < -0.39 is 17.5 Å². The quantitative estimate of drug-likeness (QED) is 0.244. The van der Waals surface area contributed by atoms with Gasteiger partial charge >= 0.3 is 0 Å². The van der Waals surface area contributed by atoms with Gasteiger partial charge in [-0.3, -0.25) is 4.98 Å². The number of nitrogens with zero attached hydrogens (tertiary/aromatic N) is 2. The molecule has 0 amide bonds. The van der Waals surface area contributed by atoms with Gasteiger partial charge in [0.2, 0.25) is 0 Å². The van der Waals surface area contributed by atoms with E-state index in [0.717, 1.165) is 45.3 Å². The summed E-state index contributed by atoms with van der Waals surface area (Å²) in [5, 5.41) is 14.1. The molecule has 0 atom stereocenters. The maximum absolute atomic E-state index is 15.5. The number of halogens is 3. The topological polar surface area (TPSA) is 36.7 Å². The number of hydrogen-bond donors (Lipinski definition) is 0. The van der Waals surface area contributed by atoms with Crippen LogP contribution in [0.5, 0.6) is 0 Å². The van der Waals surface area contributed by atoms with Crippen molar-refractivity contribution in [1.29, 1.82) is 5.26 Å². The van der Waals surface area contributed by atoms with Gasteiger partial charge in [-0.1, -0.05) is 48.5 Å². The van der Waals surface area contributed by atoms with Crippen molar-refractivity contribution >= 4 is 32.3 Å². The summed E-state index contributed by atoms with van der Waals surface area (Å²) >= 11 is 0. The summed E-state index contributed by atoms with van der Waals surface area (Å²) in [5.41, 5.74) is 2.28. The van der Waals surface area contributed by atoms with Crippen molar-refractivity contribution in [3.63, 3.8) is 0 Å². The fourth-order valence-corrected chi connectivity index (χ4v) is 4.74. The molecule has 2 nitrogen and oxygen atoms in total. The third-order valence-electron chi connectivity index (χ3n) is 6.31. The normalized spacial score (nSPS) is 11.3. The first kappa shape index (κ1) is 20.9. The number of rotatable bonds is 2. The first-order valence-corrected chi connectivity index (χ1v) is 10.9. The number of fused-ring (bicyclic) bond motifs is 4. The molecule has 0 saturated carbocycles. The maximum atomic E-state index is 15.5. The minimum atomic E-state index is -0.763. The summed E-state index contributed by atoms with van der Waals surface area (Å²) in [6.07, 6.45) is 1.66. The van der Waals surface area contributed by atoms with Crippen molar-refractivity contribution in [2.45, 2.75) is 0 Å². The zero-order chi connectivity index (χ0) is 24.1. The Morgan fingerprint density at radius 3 is 2.14 bits per heavy atom. The number of hydrogen-bond acceptors (Lipinski definition) is 2. The third kappa shape index (κ3) is 3.39. The Kier molecular flexibility index (Phi) is 4.75. The Morgan fingerprint density at radius 1 is 0.629 bits per heavy atom. The van der Waals surface area contributed by atoms with Gasteiger partial charge in [0.1, 0.15) is 17.5 Å². The minimum absolute atomic E-state index is 0.123. The monoisotopic (exact) mass is 460 g/mol.